The van der Waals surface area contributed by atoms with Crippen LogP contribution < -0.4 is 10.9 Å². The van der Waals surface area contributed by atoms with Crippen LogP contribution in [0.25, 0.3) is 11.3 Å². The van der Waals surface area contributed by atoms with Gasteiger partial charge in [0.2, 0.25) is 5.91 Å². The van der Waals surface area contributed by atoms with Crippen LogP contribution >= 0.6 is 0 Å². The lowest BCUT2D eigenvalue weighted by molar-refractivity contribution is -0.120. The number of aromatic nitrogens is 2. The summed E-state index contributed by atoms with van der Waals surface area (Å²) in [6.45, 7) is 2.53. The first kappa shape index (κ1) is 20.7. The van der Waals surface area contributed by atoms with Gasteiger partial charge in [-0.2, -0.15) is 0 Å². The van der Waals surface area contributed by atoms with Crippen molar-refractivity contribution in [2.75, 3.05) is 0 Å². The maximum atomic E-state index is 14.1. The third kappa shape index (κ3) is 3.56. The van der Waals surface area contributed by atoms with Gasteiger partial charge in [-0.15, -0.1) is 0 Å². The van der Waals surface area contributed by atoms with E-state index in [0.29, 0.717) is 18.8 Å². The molecule has 164 valence electrons. The maximum Gasteiger partial charge on any atom is 0.258 e. The van der Waals surface area contributed by atoms with Crippen molar-refractivity contribution in [1.82, 2.24) is 14.9 Å². The largest absolute Gasteiger partial charge is 0.349 e. The fourth-order valence-electron chi connectivity index (χ4n) is 5.48. The molecule has 5 heteroatoms. The Morgan fingerprint density at radius 1 is 1.06 bits per heavy atom. The average Bonchev–Trinajstić information content (AvgIpc) is 3.28. The molecule has 3 aromatic rings. The van der Waals surface area contributed by atoms with Gasteiger partial charge in [0.15, 0.2) is 0 Å². The predicted octanol–water partition coefficient (Wildman–Crippen LogP) is 4.35. The molecule has 0 saturated heterocycles. The molecule has 1 amide bonds. The summed E-state index contributed by atoms with van der Waals surface area (Å²) in [7, 11) is 0. The van der Waals surface area contributed by atoms with Gasteiger partial charge in [-0.1, -0.05) is 74.4 Å². The number of benzene rings is 2. The number of nitrogens with zero attached hydrogens (tertiary/aromatic N) is 2. The van der Waals surface area contributed by atoms with Gasteiger partial charge in [-0.25, -0.2) is 4.98 Å². The van der Waals surface area contributed by atoms with Crippen LogP contribution in [0.2, 0.25) is 0 Å². The van der Waals surface area contributed by atoms with Crippen molar-refractivity contribution < 1.29 is 4.79 Å². The quantitative estimate of drug-likeness (QED) is 0.658. The summed E-state index contributed by atoms with van der Waals surface area (Å²) in [5, 5.41) is 2.93. The van der Waals surface area contributed by atoms with Crippen molar-refractivity contribution in [2.24, 2.45) is 0 Å². The van der Waals surface area contributed by atoms with E-state index in [-0.39, 0.29) is 23.4 Å². The number of amides is 1. The molecule has 0 atom stereocenters. The van der Waals surface area contributed by atoms with Crippen molar-refractivity contribution in [3.63, 3.8) is 0 Å². The molecular formula is C27H29N3O2. The van der Waals surface area contributed by atoms with Gasteiger partial charge in [-0.3, -0.25) is 14.2 Å². The lowest BCUT2D eigenvalue weighted by Crippen LogP contribution is -2.42. The average molecular weight is 428 g/mol. The van der Waals surface area contributed by atoms with Crippen molar-refractivity contribution in [2.45, 2.75) is 64.0 Å². The van der Waals surface area contributed by atoms with Crippen LogP contribution in [0.15, 0.2) is 59.4 Å². The molecule has 1 heterocycles. The lowest BCUT2D eigenvalue weighted by atomic mass is 9.68. The second kappa shape index (κ2) is 8.38. The number of hydrogen-bond acceptors (Lipinski definition) is 3. The van der Waals surface area contributed by atoms with Gasteiger partial charge in [0.05, 0.1) is 24.3 Å². The Labute approximate surface area is 188 Å². The Morgan fingerprint density at radius 3 is 2.53 bits per heavy atom. The first-order chi connectivity index (χ1) is 15.6. The molecule has 1 saturated carbocycles. The highest BCUT2D eigenvalue weighted by atomic mass is 16.1. The smallest absolute Gasteiger partial charge is 0.258 e. The topological polar surface area (TPSA) is 64.0 Å². The molecule has 0 unspecified atom stereocenters. The zero-order chi connectivity index (χ0) is 22.1. The molecular weight excluding hydrogens is 398 g/mol. The highest BCUT2D eigenvalue weighted by molar-refractivity contribution is 5.75. The zero-order valence-corrected chi connectivity index (χ0v) is 18.6. The maximum absolute atomic E-state index is 14.1. The van der Waals surface area contributed by atoms with Crippen molar-refractivity contribution in [3.8, 4) is 11.3 Å². The summed E-state index contributed by atoms with van der Waals surface area (Å²) in [6.07, 6.45) is 5.66. The van der Waals surface area contributed by atoms with E-state index < -0.39 is 0 Å². The molecule has 0 radical (unpaired) electrons. The van der Waals surface area contributed by atoms with Crippen LogP contribution in [-0.2, 0) is 29.7 Å². The normalized spacial score (nSPS) is 15.9. The van der Waals surface area contributed by atoms with Crippen LogP contribution in [-0.4, -0.2) is 15.5 Å². The lowest BCUT2D eigenvalue weighted by Gasteiger charge is -2.36. The number of fused-ring (bicyclic) bond motifs is 4. The van der Waals surface area contributed by atoms with Gasteiger partial charge >= 0.3 is 0 Å². The first-order valence-electron chi connectivity index (χ1n) is 11.6. The number of nitrogens with one attached hydrogen (secondary N) is 1. The van der Waals surface area contributed by atoms with Crippen LogP contribution in [0.4, 0.5) is 0 Å². The highest BCUT2D eigenvalue weighted by Gasteiger charge is 2.44. The summed E-state index contributed by atoms with van der Waals surface area (Å²) in [6, 6.07) is 18.4. The predicted molar refractivity (Wildman–Crippen MR) is 125 cm³/mol. The first-order valence-corrected chi connectivity index (χ1v) is 11.6. The zero-order valence-electron chi connectivity index (χ0n) is 18.6. The summed E-state index contributed by atoms with van der Waals surface area (Å²) in [4.78, 5) is 31.2. The van der Waals surface area contributed by atoms with Crippen LogP contribution in [0.1, 0.15) is 61.5 Å². The monoisotopic (exact) mass is 427 g/mol. The molecule has 2 aliphatic carbocycles. The summed E-state index contributed by atoms with van der Waals surface area (Å²) >= 11 is 0. The van der Waals surface area contributed by atoms with E-state index in [1.165, 1.54) is 5.56 Å². The van der Waals surface area contributed by atoms with E-state index >= 15 is 0 Å². The third-order valence-electron chi connectivity index (χ3n) is 7.09. The fourth-order valence-corrected chi connectivity index (χ4v) is 5.48. The second-order valence-corrected chi connectivity index (χ2v) is 9.08. The Hall–Kier alpha value is -3.21. The minimum Gasteiger partial charge on any atom is -0.349 e. The second-order valence-electron chi connectivity index (χ2n) is 9.08. The standard InChI is InChI=1S/C27H29N3O2/c1-2-23(31)28-17-22-29-25-21-13-7-6-12-20(21)16-27(14-8-9-15-27)24(25)26(32)30(22)18-19-10-4-3-5-11-19/h3-7,10-13H,2,8-9,14-18H2,1H3,(H,28,31). The van der Waals surface area contributed by atoms with Crippen LogP contribution in [0, 0.1) is 0 Å². The third-order valence-corrected chi connectivity index (χ3v) is 7.09. The molecule has 1 aromatic heterocycles. The molecule has 1 spiro atoms. The van der Waals surface area contributed by atoms with E-state index in [1.54, 1.807) is 4.57 Å². The van der Waals surface area contributed by atoms with E-state index in [1.807, 2.05) is 43.3 Å². The molecule has 1 N–H and O–H groups in total. The van der Waals surface area contributed by atoms with Gasteiger partial charge in [0.1, 0.15) is 5.82 Å². The van der Waals surface area contributed by atoms with Crippen molar-refractivity contribution in [3.05, 3.63) is 87.5 Å². The van der Waals surface area contributed by atoms with Crippen LogP contribution in [0.5, 0.6) is 0 Å². The van der Waals surface area contributed by atoms with Crippen molar-refractivity contribution >= 4 is 5.91 Å². The minimum atomic E-state index is -0.128. The van der Waals surface area contributed by atoms with E-state index in [2.05, 4.69) is 23.5 Å². The van der Waals surface area contributed by atoms with E-state index in [4.69, 9.17) is 4.98 Å². The molecule has 5 nitrogen and oxygen atoms in total. The number of carbonyl (C=O) groups is 1. The Kier molecular flexibility index (Phi) is 5.41. The number of hydrogen-bond donors (Lipinski definition) is 1. The van der Waals surface area contributed by atoms with Gasteiger partial charge in [0.25, 0.3) is 5.56 Å². The van der Waals surface area contributed by atoms with E-state index in [0.717, 1.165) is 54.5 Å². The Balaban J connectivity index is 1.72. The summed E-state index contributed by atoms with van der Waals surface area (Å²) in [5.41, 5.74) is 5.02. The molecule has 0 aliphatic heterocycles. The number of carbonyl (C=O) groups excluding carboxylic acids is 1. The van der Waals surface area contributed by atoms with Crippen LogP contribution in [0.3, 0.4) is 0 Å². The summed E-state index contributed by atoms with van der Waals surface area (Å²) in [5.74, 6) is 0.570. The summed E-state index contributed by atoms with van der Waals surface area (Å²) < 4.78 is 1.79. The fraction of sp³-hybridized carbons (Fsp3) is 0.370. The van der Waals surface area contributed by atoms with E-state index in [9.17, 15) is 9.59 Å². The van der Waals surface area contributed by atoms with Crippen molar-refractivity contribution in [1.29, 1.82) is 0 Å². The van der Waals surface area contributed by atoms with Gasteiger partial charge in [0, 0.05) is 17.4 Å². The Morgan fingerprint density at radius 2 is 1.78 bits per heavy atom. The molecule has 2 aromatic carbocycles. The molecule has 2 aliphatic rings. The molecule has 5 rings (SSSR count). The Bertz CT molecular complexity index is 1210. The highest BCUT2D eigenvalue weighted by Crippen LogP contribution is 2.49. The van der Waals surface area contributed by atoms with Gasteiger partial charge < -0.3 is 5.32 Å². The number of rotatable bonds is 5. The molecule has 1 fully saturated rings. The minimum absolute atomic E-state index is 0.0455. The molecule has 32 heavy (non-hydrogen) atoms. The SMILES string of the molecule is CCC(=O)NCc1nc2c(c(=O)n1Cc1ccccc1)C1(CCCC1)Cc1ccccc1-2. The molecule has 0 bridgehead atoms. The van der Waals surface area contributed by atoms with Gasteiger partial charge in [-0.05, 0) is 30.4 Å².